The predicted molar refractivity (Wildman–Crippen MR) is 125 cm³/mol. The van der Waals surface area contributed by atoms with Crippen LogP contribution in [0.25, 0.3) is 0 Å². The van der Waals surface area contributed by atoms with Gasteiger partial charge in [-0.15, -0.1) is 0 Å². The number of benzene rings is 1. The van der Waals surface area contributed by atoms with Gasteiger partial charge in [-0.05, 0) is 60.8 Å². The molecule has 0 radical (unpaired) electrons. The van der Waals surface area contributed by atoms with E-state index in [0.29, 0.717) is 17.8 Å². The molecule has 5 heteroatoms. The summed E-state index contributed by atoms with van der Waals surface area (Å²) in [6.45, 7) is 5.11. The summed E-state index contributed by atoms with van der Waals surface area (Å²) in [7, 11) is 0. The average molecular weight is 429 g/mol. The number of rotatable bonds is 5. The molecule has 5 nitrogen and oxygen atoms in total. The van der Waals surface area contributed by atoms with Crippen LogP contribution in [-0.2, 0) is 24.3 Å². The number of allylic oxidation sites excluding steroid dienone is 2. The van der Waals surface area contributed by atoms with Crippen molar-refractivity contribution in [1.82, 2.24) is 14.9 Å². The summed E-state index contributed by atoms with van der Waals surface area (Å²) >= 11 is 0. The first-order chi connectivity index (χ1) is 15.5. The summed E-state index contributed by atoms with van der Waals surface area (Å²) < 4.78 is 0. The molecule has 2 heterocycles. The van der Waals surface area contributed by atoms with Gasteiger partial charge in [0.25, 0.3) is 0 Å². The molecule has 1 amide bonds. The van der Waals surface area contributed by atoms with Gasteiger partial charge < -0.3 is 5.32 Å². The SMILES string of the molecule is CC12CC3=CC(C1)CC(CC(=O)Nc1ncnc4c1CCN(Cc1ccccc1)C4)(C3)C2. The van der Waals surface area contributed by atoms with Crippen molar-refractivity contribution in [3.8, 4) is 0 Å². The van der Waals surface area contributed by atoms with Gasteiger partial charge in [0.15, 0.2) is 0 Å². The standard InChI is InChI=1S/C27H32N4O/c1-26-10-20-9-21(11-26)13-27(12-20,17-26)14-24(32)30-25-22-7-8-31(16-23(22)28-18-29-25)15-19-5-3-2-4-6-19/h2-6,9,18,20H,7-8,10-17H2,1H3,(H,28,29,30,32). The minimum Gasteiger partial charge on any atom is -0.310 e. The molecule has 166 valence electrons. The molecule has 3 unspecified atom stereocenters. The zero-order valence-corrected chi connectivity index (χ0v) is 18.9. The molecule has 1 N–H and O–H groups in total. The van der Waals surface area contributed by atoms with E-state index in [2.05, 4.69) is 63.5 Å². The number of carbonyl (C=O) groups excluding carboxylic acids is 1. The number of amides is 1. The Morgan fingerprint density at radius 2 is 2.06 bits per heavy atom. The van der Waals surface area contributed by atoms with Crippen LogP contribution in [0.4, 0.5) is 5.82 Å². The van der Waals surface area contributed by atoms with Crippen LogP contribution >= 0.6 is 0 Å². The Morgan fingerprint density at radius 1 is 1.19 bits per heavy atom. The lowest BCUT2D eigenvalue weighted by atomic mass is 9.47. The third-order valence-corrected chi connectivity index (χ3v) is 8.11. The molecule has 0 saturated heterocycles. The number of nitrogens with one attached hydrogen (secondary N) is 1. The van der Waals surface area contributed by atoms with Crippen LogP contribution in [0.5, 0.6) is 0 Å². The van der Waals surface area contributed by atoms with E-state index in [1.54, 1.807) is 11.9 Å². The van der Waals surface area contributed by atoms with Crippen LogP contribution in [-0.4, -0.2) is 27.3 Å². The van der Waals surface area contributed by atoms with E-state index in [-0.39, 0.29) is 11.3 Å². The Hall–Kier alpha value is -2.53. The second-order valence-corrected chi connectivity index (χ2v) is 11.2. The molecule has 0 spiro atoms. The lowest BCUT2D eigenvalue weighted by Gasteiger charge is -2.57. The number of nitrogens with zero attached hydrogens (tertiary/aromatic N) is 3. The van der Waals surface area contributed by atoms with Crippen LogP contribution in [0.15, 0.2) is 48.3 Å². The fourth-order valence-electron chi connectivity index (χ4n) is 7.45. The van der Waals surface area contributed by atoms with Crippen LogP contribution in [0, 0.1) is 16.7 Å². The van der Waals surface area contributed by atoms with Crippen molar-refractivity contribution in [3.05, 3.63) is 65.1 Å². The first kappa shape index (κ1) is 20.1. The molecule has 32 heavy (non-hydrogen) atoms. The molecule has 2 fully saturated rings. The third-order valence-electron chi connectivity index (χ3n) is 8.11. The number of aromatic nitrogens is 2. The highest BCUT2D eigenvalue weighted by molar-refractivity contribution is 5.91. The van der Waals surface area contributed by atoms with Crippen LogP contribution in [0.2, 0.25) is 0 Å². The summed E-state index contributed by atoms with van der Waals surface area (Å²) in [6.07, 6.45) is 11.6. The highest BCUT2D eigenvalue weighted by Gasteiger charge is 2.53. The fourth-order valence-corrected chi connectivity index (χ4v) is 7.45. The molecule has 2 aromatic rings. The first-order valence-electron chi connectivity index (χ1n) is 12.1. The van der Waals surface area contributed by atoms with Gasteiger partial charge in [-0.3, -0.25) is 9.69 Å². The van der Waals surface area contributed by atoms with E-state index in [1.165, 1.54) is 31.2 Å². The molecule has 2 saturated carbocycles. The summed E-state index contributed by atoms with van der Waals surface area (Å²) in [4.78, 5) is 24.6. The minimum atomic E-state index is 0.128. The summed E-state index contributed by atoms with van der Waals surface area (Å²) in [6, 6.07) is 10.6. The number of hydrogen-bond acceptors (Lipinski definition) is 4. The lowest BCUT2D eigenvalue weighted by molar-refractivity contribution is -0.121. The molecule has 7 rings (SSSR count). The Morgan fingerprint density at radius 3 is 2.88 bits per heavy atom. The van der Waals surface area contributed by atoms with Gasteiger partial charge in [-0.2, -0.15) is 0 Å². The van der Waals surface area contributed by atoms with E-state index in [0.717, 1.165) is 49.6 Å². The molecule has 3 atom stereocenters. The van der Waals surface area contributed by atoms with E-state index >= 15 is 0 Å². The van der Waals surface area contributed by atoms with Crippen molar-refractivity contribution in [2.75, 3.05) is 11.9 Å². The van der Waals surface area contributed by atoms with Gasteiger partial charge in [-0.25, -0.2) is 9.97 Å². The molecule has 1 aliphatic heterocycles. The van der Waals surface area contributed by atoms with E-state index < -0.39 is 0 Å². The third kappa shape index (κ3) is 3.77. The Balaban J connectivity index is 1.14. The van der Waals surface area contributed by atoms with Crippen LogP contribution in [0.1, 0.15) is 62.3 Å². The first-order valence-corrected chi connectivity index (χ1v) is 12.1. The van der Waals surface area contributed by atoms with Crippen LogP contribution in [0.3, 0.4) is 0 Å². The average Bonchev–Trinajstić information content (AvgIpc) is 2.72. The summed E-state index contributed by atoms with van der Waals surface area (Å²) in [5.74, 6) is 1.54. The van der Waals surface area contributed by atoms with Gasteiger partial charge in [0.2, 0.25) is 5.91 Å². The van der Waals surface area contributed by atoms with Gasteiger partial charge in [0, 0.05) is 31.6 Å². The Kier molecular flexibility index (Phi) is 4.72. The number of fused-ring (bicyclic) bond motifs is 1. The largest absolute Gasteiger partial charge is 0.310 e. The van der Waals surface area contributed by atoms with Gasteiger partial charge in [0.05, 0.1) is 5.69 Å². The molecule has 5 aliphatic rings. The van der Waals surface area contributed by atoms with Gasteiger partial charge >= 0.3 is 0 Å². The van der Waals surface area contributed by atoms with E-state index in [4.69, 9.17) is 0 Å². The number of carbonyl (C=O) groups is 1. The van der Waals surface area contributed by atoms with Crippen molar-refractivity contribution >= 4 is 11.7 Å². The highest BCUT2D eigenvalue weighted by atomic mass is 16.1. The van der Waals surface area contributed by atoms with Gasteiger partial charge in [-0.1, -0.05) is 48.9 Å². The van der Waals surface area contributed by atoms with Crippen LogP contribution < -0.4 is 5.32 Å². The lowest BCUT2D eigenvalue weighted by Crippen LogP contribution is -2.47. The maximum atomic E-state index is 13.2. The molecule has 1 aromatic heterocycles. The zero-order chi connectivity index (χ0) is 21.8. The van der Waals surface area contributed by atoms with Crippen molar-refractivity contribution in [3.63, 3.8) is 0 Å². The van der Waals surface area contributed by atoms with E-state index in [9.17, 15) is 4.79 Å². The smallest absolute Gasteiger partial charge is 0.226 e. The second kappa shape index (κ2) is 7.51. The molecule has 4 aliphatic carbocycles. The maximum Gasteiger partial charge on any atom is 0.226 e. The molecule has 1 aromatic carbocycles. The quantitative estimate of drug-likeness (QED) is 0.689. The summed E-state index contributed by atoms with van der Waals surface area (Å²) in [5.41, 5.74) is 5.64. The second-order valence-electron chi connectivity index (χ2n) is 11.2. The Bertz CT molecular complexity index is 1080. The summed E-state index contributed by atoms with van der Waals surface area (Å²) in [5, 5.41) is 3.19. The van der Waals surface area contributed by atoms with Crippen molar-refractivity contribution in [2.45, 2.75) is 65.0 Å². The maximum absolute atomic E-state index is 13.2. The van der Waals surface area contributed by atoms with Crippen molar-refractivity contribution in [2.24, 2.45) is 16.7 Å². The predicted octanol–water partition coefficient (Wildman–Crippen LogP) is 4.89. The number of hydrogen-bond donors (Lipinski definition) is 1. The zero-order valence-electron chi connectivity index (χ0n) is 18.9. The molecular weight excluding hydrogens is 396 g/mol. The monoisotopic (exact) mass is 428 g/mol. The normalized spacial score (nSPS) is 30.7. The van der Waals surface area contributed by atoms with Crippen molar-refractivity contribution < 1.29 is 4.79 Å². The van der Waals surface area contributed by atoms with Crippen molar-refractivity contribution in [1.29, 1.82) is 0 Å². The Labute approximate surface area is 190 Å². The molecular formula is C27H32N4O. The molecule has 4 bridgehead atoms. The minimum absolute atomic E-state index is 0.128. The number of anilines is 1. The van der Waals surface area contributed by atoms with E-state index in [1.807, 2.05) is 0 Å². The highest BCUT2D eigenvalue weighted by Crippen LogP contribution is 2.63. The fraction of sp³-hybridized carbons (Fsp3) is 0.519. The topological polar surface area (TPSA) is 58.1 Å². The van der Waals surface area contributed by atoms with Gasteiger partial charge in [0.1, 0.15) is 12.1 Å².